The molecule has 0 unspecified atom stereocenters. The van der Waals surface area contributed by atoms with E-state index in [0.29, 0.717) is 0 Å². The predicted octanol–water partition coefficient (Wildman–Crippen LogP) is 6.32. The predicted molar refractivity (Wildman–Crippen MR) is 84.2 cm³/mol. The van der Waals surface area contributed by atoms with Crippen LogP contribution in [0.25, 0.3) is 0 Å². The van der Waals surface area contributed by atoms with Crippen molar-refractivity contribution < 1.29 is 0 Å². The maximum Gasteiger partial charge on any atom is 0.0223 e. The van der Waals surface area contributed by atoms with E-state index in [1.807, 2.05) is 0 Å². The Morgan fingerprint density at radius 1 is 0.611 bits per heavy atom. The van der Waals surface area contributed by atoms with E-state index in [4.69, 9.17) is 11.6 Å². The van der Waals surface area contributed by atoms with Crippen LogP contribution >= 0.6 is 11.6 Å². The van der Waals surface area contributed by atoms with E-state index in [1.165, 1.54) is 64.2 Å². The molecule has 0 aliphatic heterocycles. The molecule has 0 aliphatic rings. The van der Waals surface area contributed by atoms with Crippen LogP contribution in [-0.4, -0.2) is 5.88 Å². The van der Waals surface area contributed by atoms with Crippen molar-refractivity contribution in [1.82, 2.24) is 0 Å². The molecule has 0 nitrogen and oxygen atoms in total. The third kappa shape index (κ3) is 15.9. The van der Waals surface area contributed by atoms with Crippen LogP contribution in [0, 0.1) is 11.8 Å². The third-order valence-electron chi connectivity index (χ3n) is 3.22. The number of halogens is 1. The summed E-state index contributed by atoms with van der Waals surface area (Å²) in [7, 11) is 0. The molecule has 0 atom stereocenters. The van der Waals surface area contributed by atoms with Gasteiger partial charge in [-0.3, -0.25) is 0 Å². The summed E-state index contributed by atoms with van der Waals surface area (Å²) < 4.78 is 0. The normalized spacial score (nSPS) is 10.1. The van der Waals surface area contributed by atoms with Crippen LogP contribution in [0.15, 0.2) is 0 Å². The number of rotatable bonds is 12. The number of unbranched alkanes of at least 4 members (excludes halogenated alkanes) is 11. The van der Waals surface area contributed by atoms with Crippen molar-refractivity contribution >= 4 is 11.6 Å². The molecule has 0 heterocycles. The standard InChI is InChI=1S/C17H31Cl/c1-2-3-4-5-6-7-8-9-10-11-12-13-14-15-16-17-18/h2-10,13-17H2,1H3. The Morgan fingerprint density at radius 2 is 1.06 bits per heavy atom. The van der Waals surface area contributed by atoms with Crippen molar-refractivity contribution in [3.05, 3.63) is 0 Å². The van der Waals surface area contributed by atoms with Gasteiger partial charge in [0.05, 0.1) is 0 Å². The summed E-state index contributed by atoms with van der Waals surface area (Å²) in [5.74, 6) is 7.36. The molecule has 0 aliphatic carbocycles. The first-order valence-electron chi connectivity index (χ1n) is 7.93. The molecule has 0 saturated heterocycles. The fraction of sp³-hybridized carbons (Fsp3) is 0.882. The Kier molecular flexibility index (Phi) is 16.7. The zero-order valence-electron chi connectivity index (χ0n) is 12.3. The maximum atomic E-state index is 5.62. The van der Waals surface area contributed by atoms with Crippen LogP contribution < -0.4 is 0 Å². The first-order valence-corrected chi connectivity index (χ1v) is 8.47. The second-order valence-corrected chi connectivity index (χ2v) is 5.46. The summed E-state index contributed by atoms with van der Waals surface area (Å²) in [6.45, 7) is 2.27. The van der Waals surface area contributed by atoms with Gasteiger partial charge in [0.1, 0.15) is 0 Å². The maximum absolute atomic E-state index is 5.62. The van der Waals surface area contributed by atoms with E-state index in [-0.39, 0.29) is 0 Å². The lowest BCUT2D eigenvalue weighted by molar-refractivity contribution is 0.579. The minimum atomic E-state index is 0.797. The zero-order chi connectivity index (χ0) is 13.3. The van der Waals surface area contributed by atoms with Crippen LogP contribution in [-0.2, 0) is 0 Å². The Labute approximate surface area is 120 Å². The van der Waals surface area contributed by atoms with E-state index in [0.717, 1.165) is 25.1 Å². The highest BCUT2D eigenvalue weighted by Gasteiger charge is 1.90. The molecule has 106 valence electrons. The number of hydrogen-bond donors (Lipinski definition) is 0. The highest BCUT2D eigenvalue weighted by atomic mass is 35.5. The average Bonchev–Trinajstić information content (AvgIpc) is 2.39. The van der Waals surface area contributed by atoms with Gasteiger partial charge in [-0.25, -0.2) is 0 Å². The molecule has 0 amide bonds. The lowest BCUT2D eigenvalue weighted by Gasteiger charge is -1.99. The third-order valence-corrected chi connectivity index (χ3v) is 3.48. The van der Waals surface area contributed by atoms with E-state index in [2.05, 4.69) is 18.8 Å². The summed E-state index contributed by atoms with van der Waals surface area (Å²) in [6, 6.07) is 0. The average molecular weight is 271 g/mol. The van der Waals surface area contributed by atoms with Gasteiger partial charge in [-0.05, 0) is 19.3 Å². The topological polar surface area (TPSA) is 0 Å². The van der Waals surface area contributed by atoms with Crippen LogP contribution in [0.5, 0.6) is 0 Å². The molecule has 0 aromatic carbocycles. The lowest BCUT2D eigenvalue weighted by atomic mass is 10.1. The van der Waals surface area contributed by atoms with E-state index < -0.39 is 0 Å². The van der Waals surface area contributed by atoms with Gasteiger partial charge in [0.2, 0.25) is 0 Å². The van der Waals surface area contributed by atoms with Gasteiger partial charge in [-0.1, -0.05) is 58.3 Å². The summed E-state index contributed by atoms with van der Waals surface area (Å²) in [5.41, 5.74) is 0. The van der Waals surface area contributed by atoms with Crippen LogP contribution in [0.1, 0.15) is 90.4 Å². The van der Waals surface area contributed by atoms with Gasteiger partial charge in [0, 0.05) is 18.7 Å². The van der Waals surface area contributed by atoms with Crippen LogP contribution in [0.4, 0.5) is 0 Å². The van der Waals surface area contributed by atoms with Gasteiger partial charge in [0.25, 0.3) is 0 Å². The molecule has 0 aromatic rings. The monoisotopic (exact) mass is 270 g/mol. The van der Waals surface area contributed by atoms with Crippen LogP contribution in [0.2, 0.25) is 0 Å². The van der Waals surface area contributed by atoms with Gasteiger partial charge < -0.3 is 0 Å². The first-order chi connectivity index (χ1) is 8.91. The summed E-state index contributed by atoms with van der Waals surface area (Å²) in [5, 5.41) is 0. The Bertz CT molecular complexity index is 199. The first kappa shape index (κ1) is 17.8. The Hall–Kier alpha value is -0.150. The SMILES string of the molecule is CCCCCCCCCCC#CCCCCCCl. The van der Waals surface area contributed by atoms with Gasteiger partial charge in [-0.2, -0.15) is 0 Å². The fourth-order valence-electron chi connectivity index (χ4n) is 2.01. The van der Waals surface area contributed by atoms with Crippen LogP contribution in [0.3, 0.4) is 0 Å². The van der Waals surface area contributed by atoms with Crippen molar-refractivity contribution in [2.75, 3.05) is 5.88 Å². The van der Waals surface area contributed by atoms with Crippen molar-refractivity contribution in [3.8, 4) is 11.8 Å². The van der Waals surface area contributed by atoms with E-state index in [1.54, 1.807) is 0 Å². The fourth-order valence-corrected chi connectivity index (χ4v) is 2.20. The molecule has 0 saturated carbocycles. The van der Waals surface area contributed by atoms with Crippen molar-refractivity contribution in [3.63, 3.8) is 0 Å². The van der Waals surface area contributed by atoms with E-state index >= 15 is 0 Å². The molecule has 0 fully saturated rings. The minimum Gasteiger partial charge on any atom is -0.127 e. The largest absolute Gasteiger partial charge is 0.127 e. The smallest absolute Gasteiger partial charge is 0.0223 e. The van der Waals surface area contributed by atoms with Crippen molar-refractivity contribution in [2.45, 2.75) is 90.4 Å². The second kappa shape index (κ2) is 16.9. The molecule has 0 spiro atoms. The quantitative estimate of drug-likeness (QED) is 0.221. The zero-order valence-corrected chi connectivity index (χ0v) is 13.0. The molecule has 18 heavy (non-hydrogen) atoms. The molecule has 0 bridgehead atoms. The summed E-state index contributed by atoms with van der Waals surface area (Å²) >= 11 is 5.62. The number of hydrogen-bond acceptors (Lipinski definition) is 0. The molecule has 0 radical (unpaired) electrons. The molecule has 0 rings (SSSR count). The number of alkyl halides is 1. The summed E-state index contributed by atoms with van der Waals surface area (Å²) in [6.07, 6.45) is 16.9. The van der Waals surface area contributed by atoms with E-state index in [9.17, 15) is 0 Å². The molecular formula is C17H31Cl. The molecule has 1 heteroatoms. The molecule has 0 aromatic heterocycles. The lowest BCUT2D eigenvalue weighted by Crippen LogP contribution is -1.80. The molecular weight excluding hydrogens is 240 g/mol. The van der Waals surface area contributed by atoms with Crippen molar-refractivity contribution in [2.24, 2.45) is 0 Å². The van der Waals surface area contributed by atoms with Gasteiger partial charge in [-0.15, -0.1) is 23.4 Å². The second-order valence-electron chi connectivity index (χ2n) is 5.08. The highest BCUT2D eigenvalue weighted by Crippen LogP contribution is 2.09. The Morgan fingerprint density at radius 3 is 1.56 bits per heavy atom. The van der Waals surface area contributed by atoms with Gasteiger partial charge in [0.15, 0.2) is 0 Å². The highest BCUT2D eigenvalue weighted by molar-refractivity contribution is 6.17. The minimum absolute atomic E-state index is 0.797. The van der Waals surface area contributed by atoms with Crippen molar-refractivity contribution in [1.29, 1.82) is 0 Å². The summed E-state index contributed by atoms with van der Waals surface area (Å²) in [4.78, 5) is 0. The molecule has 0 N–H and O–H groups in total. The van der Waals surface area contributed by atoms with Gasteiger partial charge >= 0.3 is 0 Å². The Balaban J connectivity index is 3.04.